The van der Waals surface area contributed by atoms with Crippen LogP contribution in [0.25, 0.3) is 11.1 Å². The van der Waals surface area contributed by atoms with Crippen molar-refractivity contribution in [3.63, 3.8) is 0 Å². The molecule has 0 bridgehead atoms. The standard InChI is InChI=1S/C22H33N5O3/c23-9-3-10-27(16-17-5-1-2-6-17)22(29)26-20-8-7-18(19-14-24-25-15-19)13-21(20)30-12-4-11-28/h7-8,13-15,17,28H,1-6,9-12,16,23H2,(H,24,25)(H,26,29). The zero-order chi connectivity index (χ0) is 21.2. The van der Waals surface area contributed by atoms with Crippen molar-refractivity contribution in [2.24, 2.45) is 11.7 Å². The largest absolute Gasteiger partial charge is 0.491 e. The summed E-state index contributed by atoms with van der Waals surface area (Å²) < 4.78 is 5.87. The van der Waals surface area contributed by atoms with Gasteiger partial charge in [-0.15, -0.1) is 0 Å². The highest BCUT2D eigenvalue weighted by Crippen LogP contribution is 2.31. The summed E-state index contributed by atoms with van der Waals surface area (Å²) in [5.74, 6) is 1.15. The highest BCUT2D eigenvalue weighted by molar-refractivity contribution is 5.91. The van der Waals surface area contributed by atoms with Crippen molar-refractivity contribution >= 4 is 11.7 Å². The maximum absolute atomic E-state index is 13.1. The summed E-state index contributed by atoms with van der Waals surface area (Å²) in [6.07, 6.45) is 9.70. The van der Waals surface area contributed by atoms with Crippen LogP contribution < -0.4 is 15.8 Å². The lowest BCUT2D eigenvalue weighted by Gasteiger charge is -2.26. The first kappa shape index (κ1) is 22.1. The Morgan fingerprint density at radius 2 is 2.13 bits per heavy atom. The summed E-state index contributed by atoms with van der Waals surface area (Å²) in [7, 11) is 0. The van der Waals surface area contributed by atoms with Gasteiger partial charge in [-0.05, 0) is 49.4 Å². The van der Waals surface area contributed by atoms with E-state index in [1.807, 2.05) is 23.1 Å². The van der Waals surface area contributed by atoms with Crippen LogP contribution in [-0.2, 0) is 0 Å². The molecule has 1 saturated carbocycles. The molecule has 164 valence electrons. The van der Waals surface area contributed by atoms with E-state index < -0.39 is 0 Å². The Hall–Kier alpha value is -2.58. The summed E-state index contributed by atoms with van der Waals surface area (Å²) in [4.78, 5) is 14.9. The van der Waals surface area contributed by atoms with Crippen LogP contribution >= 0.6 is 0 Å². The van der Waals surface area contributed by atoms with Gasteiger partial charge in [-0.3, -0.25) is 5.10 Å². The van der Waals surface area contributed by atoms with Gasteiger partial charge in [0.1, 0.15) is 5.75 Å². The summed E-state index contributed by atoms with van der Waals surface area (Å²) in [6.45, 7) is 2.39. The Morgan fingerprint density at radius 3 is 2.83 bits per heavy atom. The first-order chi connectivity index (χ1) is 14.7. The molecule has 2 amide bonds. The number of nitrogens with two attached hydrogens (primary N) is 1. The molecule has 2 aromatic rings. The van der Waals surface area contributed by atoms with Crippen LogP contribution in [0.2, 0.25) is 0 Å². The van der Waals surface area contributed by atoms with Crippen LogP contribution in [0.1, 0.15) is 38.5 Å². The Bertz CT molecular complexity index is 775. The van der Waals surface area contributed by atoms with Crippen molar-refractivity contribution in [1.82, 2.24) is 15.1 Å². The number of hydrogen-bond donors (Lipinski definition) is 4. The number of carbonyl (C=O) groups is 1. The fraction of sp³-hybridized carbons (Fsp3) is 0.545. The topological polar surface area (TPSA) is 116 Å². The van der Waals surface area contributed by atoms with Crippen molar-refractivity contribution in [2.45, 2.75) is 38.5 Å². The third kappa shape index (κ3) is 6.21. The van der Waals surface area contributed by atoms with Gasteiger partial charge in [0.25, 0.3) is 0 Å². The van der Waals surface area contributed by atoms with Crippen molar-refractivity contribution in [3.8, 4) is 16.9 Å². The average Bonchev–Trinajstić information content (AvgIpc) is 3.46. The van der Waals surface area contributed by atoms with Crippen molar-refractivity contribution in [1.29, 1.82) is 0 Å². The van der Waals surface area contributed by atoms with E-state index in [0.29, 0.717) is 43.5 Å². The number of urea groups is 1. The molecular weight excluding hydrogens is 382 g/mol. The number of carbonyl (C=O) groups excluding carboxylic acids is 1. The molecule has 1 aromatic heterocycles. The molecule has 0 radical (unpaired) electrons. The maximum Gasteiger partial charge on any atom is 0.321 e. The first-order valence-electron chi connectivity index (χ1n) is 10.8. The van der Waals surface area contributed by atoms with Gasteiger partial charge in [0.05, 0.1) is 18.5 Å². The van der Waals surface area contributed by atoms with Gasteiger partial charge < -0.3 is 25.8 Å². The first-order valence-corrected chi connectivity index (χ1v) is 10.8. The molecule has 30 heavy (non-hydrogen) atoms. The number of ether oxygens (including phenoxy) is 1. The number of benzene rings is 1. The van der Waals surface area contributed by atoms with Crippen LogP contribution in [0, 0.1) is 5.92 Å². The van der Waals surface area contributed by atoms with Gasteiger partial charge in [-0.25, -0.2) is 4.79 Å². The molecule has 0 spiro atoms. The number of H-pyrrole nitrogens is 1. The van der Waals surface area contributed by atoms with Crippen LogP contribution in [0.5, 0.6) is 5.75 Å². The number of hydrogen-bond acceptors (Lipinski definition) is 5. The van der Waals surface area contributed by atoms with E-state index in [4.69, 9.17) is 15.6 Å². The number of aliphatic hydroxyl groups excluding tert-OH is 1. The number of aliphatic hydroxyl groups is 1. The molecule has 5 N–H and O–H groups in total. The van der Waals surface area contributed by atoms with E-state index in [1.165, 1.54) is 25.7 Å². The van der Waals surface area contributed by atoms with E-state index in [2.05, 4.69) is 15.5 Å². The lowest BCUT2D eigenvalue weighted by atomic mass is 10.1. The third-order valence-electron chi connectivity index (χ3n) is 5.49. The number of anilines is 1. The van der Waals surface area contributed by atoms with E-state index in [0.717, 1.165) is 24.1 Å². The lowest BCUT2D eigenvalue weighted by molar-refractivity contribution is 0.200. The minimum absolute atomic E-state index is 0.0529. The summed E-state index contributed by atoms with van der Waals surface area (Å²) in [5.41, 5.74) is 8.18. The molecule has 3 rings (SSSR count). The quantitative estimate of drug-likeness (QED) is 0.421. The fourth-order valence-electron chi connectivity index (χ4n) is 3.84. The number of aromatic nitrogens is 2. The molecule has 1 aromatic carbocycles. The Morgan fingerprint density at radius 1 is 1.30 bits per heavy atom. The number of nitrogens with zero attached hydrogens (tertiary/aromatic N) is 2. The number of aromatic amines is 1. The molecule has 8 nitrogen and oxygen atoms in total. The van der Waals surface area contributed by atoms with Gasteiger partial charge in [-0.1, -0.05) is 18.9 Å². The molecule has 0 unspecified atom stereocenters. The number of rotatable bonds is 11. The Labute approximate surface area is 177 Å². The van der Waals surface area contributed by atoms with Crippen LogP contribution in [0.3, 0.4) is 0 Å². The van der Waals surface area contributed by atoms with E-state index in [-0.39, 0.29) is 12.6 Å². The second-order valence-corrected chi connectivity index (χ2v) is 7.79. The molecule has 8 heteroatoms. The Kier molecular flexibility index (Phi) is 8.53. The fourth-order valence-corrected chi connectivity index (χ4v) is 3.84. The predicted molar refractivity (Wildman–Crippen MR) is 117 cm³/mol. The zero-order valence-electron chi connectivity index (χ0n) is 17.5. The highest BCUT2D eigenvalue weighted by Gasteiger charge is 2.22. The maximum atomic E-state index is 13.1. The van der Waals surface area contributed by atoms with Crippen LogP contribution in [-0.4, -0.2) is 59.1 Å². The van der Waals surface area contributed by atoms with E-state index >= 15 is 0 Å². The Balaban J connectivity index is 1.74. The summed E-state index contributed by atoms with van der Waals surface area (Å²) in [5, 5.41) is 18.9. The summed E-state index contributed by atoms with van der Waals surface area (Å²) >= 11 is 0. The second kappa shape index (κ2) is 11.6. The van der Waals surface area contributed by atoms with Crippen molar-refractivity contribution in [2.75, 3.05) is 38.2 Å². The zero-order valence-corrected chi connectivity index (χ0v) is 17.5. The number of amides is 2. The smallest absolute Gasteiger partial charge is 0.321 e. The van der Waals surface area contributed by atoms with Crippen LogP contribution in [0.4, 0.5) is 10.5 Å². The van der Waals surface area contributed by atoms with Gasteiger partial charge in [0.2, 0.25) is 0 Å². The van der Waals surface area contributed by atoms with E-state index in [1.54, 1.807) is 12.4 Å². The lowest BCUT2D eigenvalue weighted by Crippen LogP contribution is -2.39. The molecule has 0 aliphatic heterocycles. The molecule has 1 aliphatic carbocycles. The van der Waals surface area contributed by atoms with Crippen molar-refractivity contribution < 1.29 is 14.6 Å². The van der Waals surface area contributed by atoms with E-state index in [9.17, 15) is 4.79 Å². The monoisotopic (exact) mass is 415 g/mol. The third-order valence-corrected chi connectivity index (χ3v) is 5.49. The molecular formula is C22H33N5O3. The molecule has 0 atom stereocenters. The predicted octanol–water partition coefficient (Wildman–Crippen LogP) is 3.21. The SMILES string of the molecule is NCCCN(CC1CCCC1)C(=O)Nc1ccc(-c2cn[nH]c2)cc1OCCCO. The van der Waals surface area contributed by atoms with Gasteiger partial charge in [0.15, 0.2) is 0 Å². The average molecular weight is 416 g/mol. The normalized spacial score (nSPS) is 14.1. The molecule has 1 fully saturated rings. The van der Waals surface area contributed by atoms with Gasteiger partial charge in [0, 0.05) is 37.9 Å². The second-order valence-electron chi connectivity index (χ2n) is 7.79. The minimum atomic E-state index is -0.126. The highest BCUT2D eigenvalue weighted by atomic mass is 16.5. The molecule has 1 aliphatic rings. The van der Waals surface area contributed by atoms with Crippen molar-refractivity contribution in [3.05, 3.63) is 30.6 Å². The minimum Gasteiger partial charge on any atom is -0.491 e. The van der Waals surface area contributed by atoms with Crippen LogP contribution in [0.15, 0.2) is 30.6 Å². The number of nitrogens with one attached hydrogen (secondary N) is 2. The summed E-state index contributed by atoms with van der Waals surface area (Å²) in [6, 6.07) is 5.54. The van der Waals surface area contributed by atoms with Gasteiger partial charge >= 0.3 is 6.03 Å². The molecule has 0 saturated heterocycles. The van der Waals surface area contributed by atoms with Gasteiger partial charge in [-0.2, -0.15) is 5.10 Å². The molecule has 1 heterocycles.